The molecule has 3 aromatic carbocycles. The minimum absolute atomic E-state index is 0.179. The minimum atomic E-state index is -3.38. The van der Waals surface area contributed by atoms with Gasteiger partial charge in [-0.3, -0.25) is 0 Å². The van der Waals surface area contributed by atoms with Crippen molar-refractivity contribution in [2.45, 2.75) is 12.1 Å². The summed E-state index contributed by atoms with van der Waals surface area (Å²) >= 11 is 4.47. The molecule has 0 radical (unpaired) electrons. The van der Waals surface area contributed by atoms with Crippen LogP contribution in [-0.4, -0.2) is 60.2 Å². The second kappa shape index (κ2) is 10.4. The van der Waals surface area contributed by atoms with Crippen LogP contribution in [-0.2, 0) is 9.53 Å². The van der Waals surface area contributed by atoms with Crippen LogP contribution in [0.25, 0.3) is 0 Å². The van der Waals surface area contributed by atoms with E-state index in [2.05, 4.69) is 94.9 Å². The number of hydrogen-bond acceptors (Lipinski definition) is 3. The number of nitrogens with zero attached hydrogens (tertiary/aromatic N) is 2. The van der Waals surface area contributed by atoms with Gasteiger partial charge in [0.25, 0.3) is 0 Å². The molecule has 7 heteroatoms. The van der Waals surface area contributed by atoms with Crippen molar-refractivity contribution in [2.75, 3.05) is 32.8 Å². The molecule has 0 spiro atoms. The summed E-state index contributed by atoms with van der Waals surface area (Å²) in [7, 11) is 0. The van der Waals surface area contributed by atoms with Crippen molar-refractivity contribution in [1.82, 2.24) is 9.80 Å². The molecule has 2 fully saturated rings. The van der Waals surface area contributed by atoms with Gasteiger partial charge in [-0.25, -0.2) is 0 Å². The van der Waals surface area contributed by atoms with Crippen molar-refractivity contribution in [2.24, 2.45) is 5.92 Å². The fourth-order valence-electron chi connectivity index (χ4n) is 5.87. The summed E-state index contributed by atoms with van der Waals surface area (Å²) in [5, 5.41) is 0.0905. The number of carbonyl (C=O) groups excluding carboxylic acids is 2. The summed E-state index contributed by atoms with van der Waals surface area (Å²) in [4.78, 5) is 30.1. The Morgan fingerprint density at radius 2 is 1.41 bits per heavy atom. The van der Waals surface area contributed by atoms with E-state index < -0.39 is 5.31 Å². The quantitative estimate of drug-likeness (QED) is 0.288. The monoisotopic (exact) mass is 578 g/mol. The summed E-state index contributed by atoms with van der Waals surface area (Å²) < 4.78 is 5.14. The molecule has 37 heavy (non-hydrogen) atoms. The Hall–Kier alpha value is -2.95. The molecule has 5 nitrogen and oxygen atoms in total. The molecule has 5 rings (SSSR count). The predicted octanol–water partition coefficient (Wildman–Crippen LogP) is 4.68. The van der Waals surface area contributed by atoms with E-state index in [-0.39, 0.29) is 30.2 Å². The van der Waals surface area contributed by atoms with Gasteiger partial charge in [-0.05, 0) is 0 Å². The molecule has 1 atom stereocenters. The summed E-state index contributed by atoms with van der Waals surface area (Å²) in [5.41, 5.74) is -0.230. The Kier molecular flexibility index (Phi) is 7.24. The topological polar surface area (TPSA) is 49.9 Å². The molecule has 0 aliphatic carbocycles. The summed E-state index contributed by atoms with van der Waals surface area (Å²) in [5.74, 6) is 0.435. The fraction of sp³-hybridized carbons (Fsp3) is 0.267. The second-order valence-corrected chi connectivity index (χ2v) is 18.5. The number of rotatable bonds is 8. The fourth-order valence-corrected chi connectivity index (χ4v) is 14.6. The average molecular weight is 579 g/mol. The van der Waals surface area contributed by atoms with Gasteiger partial charge in [0.1, 0.15) is 0 Å². The standard InChI is InChI=1S/C30H32BrN2O3P/c1-2-20-36-30(35)33-22-24(23-33)21-32-19-18-28(29(32)34)37(31,25-12-6-3-7-13-25,26-14-8-4-9-15-26)27-16-10-5-11-17-27/h2-17,24,28H,1,18-23H2. The molecule has 2 saturated heterocycles. The van der Waals surface area contributed by atoms with E-state index in [0.29, 0.717) is 26.2 Å². The third kappa shape index (κ3) is 4.30. The zero-order valence-corrected chi connectivity index (χ0v) is 23.3. The predicted molar refractivity (Wildman–Crippen MR) is 156 cm³/mol. The van der Waals surface area contributed by atoms with Crippen LogP contribution in [0, 0.1) is 5.92 Å². The number of benzene rings is 3. The molecule has 0 aromatic heterocycles. The van der Waals surface area contributed by atoms with Crippen LogP contribution >= 0.6 is 20.8 Å². The van der Waals surface area contributed by atoms with Gasteiger partial charge in [0.15, 0.2) is 0 Å². The van der Waals surface area contributed by atoms with Gasteiger partial charge < -0.3 is 0 Å². The Morgan fingerprint density at radius 1 is 0.919 bits per heavy atom. The van der Waals surface area contributed by atoms with Gasteiger partial charge in [0, 0.05) is 0 Å². The van der Waals surface area contributed by atoms with Crippen LogP contribution in [0.1, 0.15) is 6.42 Å². The normalized spacial score (nSPS) is 19.1. The number of amides is 2. The molecule has 2 amide bonds. The molecule has 3 aromatic rings. The van der Waals surface area contributed by atoms with E-state index in [9.17, 15) is 9.59 Å². The van der Waals surface area contributed by atoms with Gasteiger partial charge in [-0.15, -0.1) is 0 Å². The number of ether oxygens (including phenoxy) is 1. The van der Waals surface area contributed by atoms with Gasteiger partial charge in [0.2, 0.25) is 0 Å². The van der Waals surface area contributed by atoms with E-state index in [4.69, 9.17) is 4.74 Å². The molecule has 0 bridgehead atoms. The molecular weight excluding hydrogens is 547 g/mol. The maximum atomic E-state index is 14.3. The molecule has 0 saturated carbocycles. The molecule has 2 aliphatic heterocycles. The Balaban J connectivity index is 1.49. The van der Waals surface area contributed by atoms with Crippen molar-refractivity contribution in [1.29, 1.82) is 0 Å². The molecule has 2 heterocycles. The Labute approximate surface area is 226 Å². The third-order valence-electron chi connectivity index (χ3n) is 7.66. The molecule has 0 N–H and O–H groups in total. The number of halogens is 1. The van der Waals surface area contributed by atoms with E-state index in [1.54, 1.807) is 11.0 Å². The first-order valence-corrected chi connectivity index (χ1v) is 17.0. The third-order valence-corrected chi connectivity index (χ3v) is 18.4. The van der Waals surface area contributed by atoms with Gasteiger partial charge in [-0.1, -0.05) is 0 Å². The van der Waals surface area contributed by atoms with E-state index in [1.807, 2.05) is 23.1 Å². The van der Waals surface area contributed by atoms with Crippen LogP contribution in [0.4, 0.5) is 4.79 Å². The maximum absolute atomic E-state index is 14.3. The number of likely N-dealkylation sites (tertiary alicyclic amines) is 2. The zero-order valence-electron chi connectivity index (χ0n) is 20.8. The molecular formula is C30H32BrN2O3P. The van der Waals surface area contributed by atoms with Crippen molar-refractivity contribution < 1.29 is 14.3 Å². The first-order valence-electron chi connectivity index (χ1n) is 12.7. The zero-order chi connectivity index (χ0) is 25.9. The van der Waals surface area contributed by atoms with Gasteiger partial charge in [-0.2, -0.15) is 0 Å². The van der Waals surface area contributed by atoms with Crippen LogP contribution in [0.3, 0.4) is 0 Å². The Morgan fingerprint density at radius 3 is 1.86 bits per heavy atom. The van der Waals surface area contributed by atoms with Crippen molar-refractivity contribution in [3.05, 3.63) is 104 Å². The van der Waals surface area contributed by atoms with Gasteiger partial charge in [0.05, 0.1) is 0 Å². The average Bonchev–Trinajstić information content (AvgIpc) is 3.30. The molecule has 1 unspecified atom stereocenters. The SMILES string of the molecule is C=CCOC(=O)N1CC(CN2CCC(P(Br)(c3ccccc3)(c3ccccc3)c3ccccc3)C2=O)C1. The van der Waals surface area contributed by atoms with E-state index >= 15 is 0 Å². The van der Waals surface area contributed by atoms with Crippen molar-refractivity contribution in [3.63, 3.8) is 0 Å². The van der Waals surface area contributed by atoms with Crippen LogP contribution in [0.2, 0.25) is 0 Å². The first kappa shape index (κ1) is 25.7. The van der Waals surface area contributed by atoms with E-state index in [1.165, 1.54) is 0 Å². The summed E-state index contributed by atoms with van der Waals surface area (Å²) in [6, 6.07) is 31.5. The van der Waals surface area contributed by atoms with E-state index in [0.717, 1.165) is 22.3 Å². The number of carbonyl (C=O) groups is 2. The second-order valence-electron chi connectivity index (χ2n) is 9.81. The van der Waals surface area contributed by atoms with Crippen LogP contribution in [0.15, 0.2) is 104 Å². The van der Waals surface area contributed by atoms with Crippen molar-refractivity contribution in [3.8, 4) is 0 Å². The van der Waals surface area contributed by atoms with Crippen LogP contribution in [0.5, 0.6) is 0 Å². The summed E-state index contributed by atoms with van der Waals surface area (Å²) in [6.45, 7) is 6.37. The van der Waals surface area contributed by atoms with Gasteiger partial charge >= 0.3 is 227 Å². The Bertz CT molecular complexity index is 1170. The van der Waals surface area contributed by atoms with Crippen molar-refractivity contribution >= 4 is 48.7 Å². The molecule has 2 aliphatic rings. The molecule has 192 valence electrons. The number of hydrogen-bond donors (Lipinski definition) is 0. The summed E-state index contributed by atoms with van der Waals surface area (Å²) in [6.07, 6.45) is 2.01. The van der Waals surface area contributed by atoms with Crippen LogP contribution < -0.4 is 15.9 Å². The first-order chi connectivity index (χ1) is 18.0.